The zero-order chi connectivity index (χ0) is 23.3. The van der Waals surface area contributed by atoms with Crippen molar-refractivity contribution in [2.45, 2.75) is 61.6 Å². The number of aryl methyl sites for hydroxylation is 3. The van der Waals surface area contributed by atoms with E-state index in [9.17, 15) is 0 Å². The molecule has 33 heavy (non-hydrogen) atoms. The minimum atomic E-state index is 0. The molecule has 0 saturated heterocycles. The number of fused-ring (bicyclic) bond motifs is 1. The normalized spacial score (nSPS) is 14.3. The summed E-state index contributed by atoms with van der Waals surface area (Å²) in [6.07, 6.45) is 3.36. The third kappa shape index (κ3) is 8.74. The third-order valence-corrected chi connectivity index (χ3v) is 6.00. The van der Waals surface area contributed by atoms with Crippen molar-refractivity contribution in [2.75, 3.05) is 0 Å². The first-order chi connectivity index (χ1) is 14.5. The van der Waals surface area contributed by atoms with E-state index in [0.717, 1.165) is 0 Å². The maximum Gasteiger partial charge on any atom is -0.0411 e. The predicted octanol–water partition coefficient (Wildman–Crippen LogP) is 2.67. The maximum absolute atomic E-state index is 3.36. The average Bonchev–Trinajstić information content (AvgIpc) is 3.12. The van der Waals surface area contributed by atoms with E-state index in [4.69, 9.17) is 0 Å². The summed E-state index contributed by atoms with van der Waals surface area (Å²) >= 11 is 1.74. The first kappa shape index (κ1) is 32.2. The first-order valence-electron chi connectivity index (χ1n) is 11.0. The minimum Gasteiger partial charge on any atom is -1.00 e. The average molecular weight is 575 g/mol. The van der Waals surface area contributed by atoms with Crippen LogP contribution in [0.4, 0.5) is 0 Å². The van der Waals surface area contributed by atoms with Crippen molar-refractivity contribution in [3.8, 4) is 11.1 Å². The Morgan fingerprint density at radius 3 is 1.82 bits per heavy atom. The van der Waals surface area contributed by atoms with Crippen LogP contribution in [-0.4, -0.2) is 5.43 Å². The summed E-state index contributed by atoms with van der Waals surface area (Å²) in [6.45, 7) is 19.9. The Labute approximate surface area is 229 Å². The fourth-order valence-electron chi connectivity index (χ4n) is 3.84. The van der Waals surface area contributed by atoms with Crippen LogP contribution in [0.5, 0.6) is 0 Å². The SMILES string of the molecule is CC1=[C-]C(C)C(C)=C1C.C[Si](C)=[Zr+2].Cc1cc2[cH-]c(C)c(-c3ccccc3)c2cc1C.[Cl-].[Cl-]. The molecule has 0 spiro atoms. The topological polar surface area (TPSA) is 0 Å². The number of benzene rings is 2. The van der Waals surface area contributed by atoms with E-state index in [2.05, 4.69) is 116 Å². The Bertz CT molecular complexity index is 1130. The predicted molar refractivity (Wildman–Crippen MR) is 137 cm³/mol. The van der Waals surface area contributed by atoms with Gasteiger partial charge in [0, 0.05) is 0 Å². The molecule has 4 rings (SSSR count). The Kier molecular flexibility index (Phi) is 14.2. The Morgan fingerprint density at radius 1 is 0.879 bits per heavy atom. The summed E-state index contributed by atoms with van der Waals surface area (Å²) in [5.41, 5.74) is 11.2. The van der Waals surface area contributed by atoms with Crippen molar-refractivity contribution in [1.29, 1.82) is 0 Å². The second-order valence-electron chi connectivity index (χ2n) is 8.89. The molecule has 0 saturated carbocycles. The van der Waals surface area contributed by atoms with Crippen LogP contribution in [0.25, 0.3) is 21.9 Å². The summed E-state index contributed by atoms with van der Waals surface area (Å²) in [5, 5.41) is 2.73. The Hall–Kier alpha value is -0.790. The standard InChI is InChI=1S/C18H17.C9H13.C2H6Si.2ClH.Zr/c1-12-9-16-10-14(3)18(17(16)11-13(12)2)15-7-5-4-6-8-15;1-6-5-7(2)9(4)8(6)3;1-3-2;;;/h4-11H,1-3H3;6H,1-4H3;1-2H3;2*1H;/q2*-1;;;;+2/p-2. The summed E-state index contributed by atoms with van der Waals surface area (Å²) in [7, 11) is 0. The number of hydrogen-bond acceptors (Lipinski definition) is 0. The second-order valence-corrected chi connectivity index (χ2v) is 18.3. The van der Waals surface area contributed by atoms with Crippen molar-refractivity contribution in [1.82, 2.24) is 0 Å². The molecule has 4 heteroatoms. The molecule has 0 aromatic heterocycles. The summed E-state index contributed by atoms with van der Waals surface area (Å²) in [5.74, 6) is 0.560. The molecule has 3 aromatic carbocycles. The molecule has 0 bridgehead atoms. The van der Waals surface area contributed by atoms with Crippen LogP contribution in [0.15, 0.2) is 65.3 Å². The van der Waals surface area contributed by atoms with Crippen LogP contribution in [0.2, 0.25) is 13.1 Å². The minimum absolute atomic E-state index is 0. The summed E-state index contributed by atoms with van der Waals surface area (Å²) < 4.78 is 0. The van der Waals surface area contributed by atoms with Crippen LogP contribution in [0.3, 0.4) is 0 Å². The fraction of sp³-hybridized carbons (Fsp3) is 0.345. The van der Waals surface area contributed by atoms with Gasteiger partial charge in [0.1, 0.15) is 0 Å². The molecule has 3 aromatic rings. The largest absolute Gasteiger partial charge is 1.00 e. The number of allylic oxidation sites excluding steroid dienone is 4. The summed E-state index contributed by atoms with van der Waals surface area (Å²) in [6, 6.07) is 17.6. The van der Waals surface area contributed by atoms with Crippen LogP contribution in [-0.2, 0) is 23.3 Å². The number of halogens is 2. The van der Waals surface area contributed by atoms with Gasteiger partial charge in [-0.05, 0) is 13.8 Å². The van der Waals surface area contributed by atoms with Gasteiger partial charge in [-0.2, -0.15) is 11.1 Å². The molecule has 1 aliphatic carbocycles. The zero-order valence-electron chi connectivity index (χ0n) is 21.5. The van der Waals surface area contributed by atoms with E-state index in [0.29, 0.717) is 5.92 Å². The van der Waals surface area contributed by atoms with Crippen molar-refractivity contribution in [3.05, 3.63) is 88.0 Å². The zero-order valence-corrected chi connectivity index (χ0v) is 26.4. The molecule has 0 radical (unpaired) electrons. The number of hydrogen-bond donors (Lipinski definition) is 0. The van der Waals surface area contributed by atoms with Gasteiger partial charge in [-0.1, -0.05) is 80.6 Å². The molecule has 0 nitrogen and oxygen atoms in total. The molecular weight excluding hydrogens is 539 g/mol. The molecular formula is C29H36Cl2SiZr-2. The van der Waals surface area contributed by atoms with Gasteiger partial charge >= 0.3 is 41.9 Å². The third-order valence-electron chi connectivity index (χ3n) is 6.00. The molecule has 176 valence electrons. The van der Waals surface area contributed by atoms with Crippen molar-refractivity contribution >= 4 is 16.2 Å². The Balaban J connectivity index is 0.000000580. The van der Waals surface area contributed by atoms with Crippen molar-refractivity contribution < 1.29 is 48.1 Å². The van der Waals surface area contributed by atoms with E-state index in [-0.39, 0.29) is 30.2 Å². The second kappa shape index (κ2) is 14.6. The molecule has 0 fully saturated rings. The molecule has 0 heterocycles. The molecule has 0 N–H and O–H groups in total. The molecule has 1 atom stereocenters. The molecule has 1 unspecified atom stereocenters. The van der Waals surface area contributed by atoms with E-state index in [1.807, 2.05) is 0 Å². The first-order valence-corrected chi connectivity index (χ1v) is 17.2. The van der Waals surface area contributed by atoms with E-state index in [1.54, 1.807) is 23.3 Å². The monoisotopic (exact) mass is 572 g/mol. The fourth-order valence-corrected chi connectivity index (χ4v) is 3.84. The van der Waals surface area contributed by atoms with E-state index >= 15 is 0 Å². The van der Waals surface area contributed by atoms with Gasteiger partial charge in [0.25, 0.3) is 0 Å². The number of rotatable bonds is 1. The van der Waals surface area contributed by atoms with Gasteiger partial charge in [-0.15, -0.1) is 47.0 Å². The van der Waals surface area contributed by atoms with Gasteiger partial charge in [-0.3, -0.25) is 6.08 Å². The van der Waals surface area contributed by atoms with Gasteiger partial charge in [0.15, 0.2) is 0 Å². The molecule has 1 aliphatic rings. The van der Waals surface area contributed by atoms with Crippen LogP contribution < -0.4 is 24.8 Å². The molecule has 0 aliphatic heterocycles. The van der Waals surface area contributed by atoms with Crippen LogP contribution >= 0.6 is 0 Å². The van der Waals surface area contributed by atoms with Gasteiger partial charge in [0.05, 0.1) is 0 Å². The van der Waals surface area contributed by atoms with Gasteiger partial charge < -0.3 is 24.8 Å². The van der Waals surface area contributed by atoms with Crippen molar-refractivity contribution in [3.63, 3.8) is 0 Å². The quantitative estimate of drug-likeness (QED) is 0.310. The molecule has 0 amide bonds. The van der Waals surface area contributed by atoms with Crippen LogP contribution in [0, 0.1) is 32.8 Å². The maximum atomic E-state index is 3.36. The van der Waals surface area contributed by atoms with E-state index < -0.39 is 0 Å². The van der Waals surface area contributed by atoms with E-state index in [1.165, 1.54) is 55.3 Å². The summed E-state index contributed by atoms with van der Waals surface area (Å²) in [4.78, 5) is 0. The Morgan fingerprint density at radius 2 is 1.39 bits per heavy atom. The van der Waals surface area contributed by atoms with Crippen LogP contribution in [0.1, 0.15) is 44.4 Å². The van der Waals surface area contributed by atoms with Crippen molar-refractivity contribution in [2.24, 2.45) is 5.92 Å². The smallest absolute Gasteiger partial charge is 0.0411 e. The van der Waals surface area contributed by atoms with Gasteiger partial charge in [0.2, 0.25) is 0 Å². The van der Waals surface area contributed by atoms with Gasteiger partial charge in [-0.25, -0.2) is 5.57 Å².